The van der Waals surface area contributed by atoms with E-state index in [1.165, 1.54) is 23.5 Å². The van der Waals surface area contributed by atoms with Crippen molar-refractivity contribution in [2.45, 2.75) is 12.3 Å². The summed E-state index contributed by atoms with van der Waals surface area (Å²) >= 11 is 1.47. The van der Waals surface area contributed by atoms with Crippen LogP contribution in [0.5, 0.6) is 0 Å². The van der Waals surface area contributed by atoms with Crippen LogP contribution in [0.25, 0.3) is 10.8 Å². The number of halogens is 1. The Hall–Kier alpha value is -2.54. The predicted molar refractivity (Wildman–Crippen MR) is 84.9 cm³/mol. The van der Waals surface area contributed by atoms with Gasteiger partial charge in [-0.2, -0.15) is 0 Å². The van der Waals surface area contributed by atoms with Gasteiger partial charge in [0.05, 0.1) is 0 Å². The molecule has 5 nitrogen and oxygen atoms in total. The van der Waals surface area contributed by atoms with Crippen molar-refractivity contribution < 1.29 is 9.18 Å². The molecule has 1 aliphatic heterocycles. The fourth-order valence-electron chi connectivity index (χ4n) is 2.78. The monoisotopic (exact) mass is 328 g/mol. The van der Waals surface area contributed by atoms with E-state index in [9.17, 15) is 9.18 Å². The Labute approximate surface area is 135 Å². The number of fused-ring (bicyclic) bond motifs is 1. The molecule has 0 saturated heterocycles. The summed E-state index contributed by atoms with van der Waals surface area (Å²) in [6.45, 7) is 0.501. The fourth-order valence-corrected chi connectivity index (χ4v) is 3.36. The zero-order valence-electron chi connectivity index (χ0n) is 12.0. The lowest BCUT2D eigenvalue weighted by atomic mass is 9.94. The third kappa shape index (κ3) is 2.63. The molecule has 3 heterocycles. The summed E-state index contributed by atoms with van der Waals surface area (Å²) in [4.78, 5) is 24.1. The summed E-state index contributed by atoms with van der Waals surface area (Å²) < 4.78 is 13.1. The minimum Gasteiger partial charge on any atom is -0.350 e. The molecule has 4 rings (SSSR count). The zero-order valence-corrected chi connectivity index (χ0v) is 12.9. The molecule has 23 heavy (non-hydrogen) atoms. The number of nitrogens with zero attached hydrogens (tertiary/aromatic N) is 2. The van der Waals surface area contributed by atoms with E-state index < -0.39 is 0 Å². The van der Waals surface area contributed by atoms with Crippen LogP contribution >= 0.6 is 11.3 Å². The van der Waals surface area contributed by atoms with Crippen molar-refractivity contribution in [2.75, 3.05) is 6.54 Å². The average molecular weight is 328 g/mol. The lowest BCUT2D eigenvalue weighted by molar-refractivity contribution is 0.0950. The second-order valence-electron chi connectivity index (χ2n) is 5.41. The number of amides is 1. The highest BCUT2D eigenvalue weighted by molar-refractivity contribution is 7.13. The molecule has 0 bridgehead atoms. The maximum Gasteiger partial charge on any atom is 0.271 e. The smallest absolute Gasteiger partial charge is 0.271 e. The van der Waals surface area contributed by atoms with Gasteiger partial charge in [-0.25, -0.2) is 14.4 Å². The predicted octanol–water partition coefficient (Wildman–Crippen LogP) is 2.74. The molecule has 7 heteroatoms. The van der Waals surface area contributed by atoms with Gasteiger partial charge in [-0.15, -0.1) is 11.3 Å². The van der Waals surface area contributed by atoms with Gasteiger partial charge in [0.2, 0.25) is 0 Å². The van der Waals surface area contributed by atoms with Gasteiger partial charge in [0.25, 0.3) is 5.91 Å². The minimum absolute atomic E-state index is 0.0744. The third-order valence-corrected chi connectivity index (χ3v) is 4.71. The lowest BCUT2D eigenvalue weighted by Gasteiger charge is -2.14. The standard InChI is InChI=1S/C16H13FN4OS/c17-11-3-1-9(2-4-11)10-7-12-13(15(22)19-8-10)21-14(20-12)16-18-5-6-23-16/h1-6,10H,7-8H2,(H,19,22)(H,20,21)/t10-/m1/s1. The van der Waals surface area contributed by atoms with Crippen LogP contribution in [0.4, 0.5) is 4.39 Å². The lowest BCUT2D eigenvalue weighted by Crippen LogP contribution is -2.26. The van der Waals surface area contributed by atoms with Crippen molar-refractivity contribution in [2.24, 2.45) is 0 Å². The molecule has 0 unspecified atom stereocenters. The molecule has 1 atom stereocenters. The van der Waals surface area contributed by atoms with Crippen molar-refractivity contribution in [1.29, 1.82) is 0 Å². The van der Waals surface area contributed by atoms with Gasteiger partial charge < -0.3 is 10.3 Å². The van der Waals surface area contributed by atoms with Gasteiger partial charge in [0.15, 0.2) is 10.8 Å². The first kappa shape index (κ1) is 14.1. The first-order chi connectivity index (χ1) is 11.2. The van der Waals surface area contributed by atoms with Crippen LogP contribution in [0.1, 0.15) is 27.7 Å². The first-order valence-corrected chi connectivity index (χ1v) is 8.11. The summed E-state index contributed by atoms with van der Waals surface area (Å²) in [7, 11) is 0. The molecule has 3 aromatic rings. The quantitative estimate of drug-likeness (QED) is 0.760. The van der Waals surface area contributed by atoms with E-state index >= 15 is 0 Å². The largest absolute Gasteiger partial charge is 0.350 e. The maximum atomic E-state index is 13.1. The fraction of sp³-hybridized carbons (Fsp3) is 0.188. The zero-order chi connectivity index (χ0) is 15.8. The third-order valence-electron chi connectivity index (χ3n) is 3.93. The van der Waals surface area contributed by atoms with Gasteiger partial charge >= 0.3 is 0 Å². The summed E-state index contributed by atoms with van der Waals surface area (Å²) in [5.74, 6) is 0.230. The van der Waals surface area contributed by atoms with E-state index in [2.05, 4.69) is 20.3 Å². The topological polar surface area (TPSA) is 70.7 Å². The Morgan fingerprint density at radius 3 is 2.83 bits per heavy atom. The summed E-state index contributed by atoms with van der Waals surface area (Å²) in [6.07, 6.45) is 2.34. The normalized spacial score (nSPS) is 17.4. The molecule has 2 N–H and O–H groups in total. The maximum absolute atomic E-state index is 13.1. The van der Waals surface area contributed by atoms with E-state index in [1.54, 1.807) is 18.3 Å². The van der Waals surface area contributed by atoms with E-state index in [0.717, 1.165) is 16.3 Å². The Kier molecular flexibility index (Phi) is 3.42. The number of thiazole rings is 1. The Morgan fingerprint density at radius 2 is 2.09 bits per heavy atom. The molecule has 0 saturated carbocycles. The van der Waals surface area contributed by atoms with Crippen LogP contribution in [-0.2, 0) is 6.42 Å². The van der Waals surface area contributed by atoms with Crippen molar-refractivity contribution in [3.8, 4) is 10.8 Å². The minimum atomic E-state index is -0.264. The van der Waals surface area contributed by atoms with Gasteiger partial charge in [0, 0.05) is 29.7 Å². The number of rotatable bonds is 2. The number of aromatic nitrogens is 3. The molecule has 0 spiro atoms. The van der Waals surface area contributed by atoms with Crippen LogP contribution in [0.15, 0.2) is 35.8 Å². The second kappa shape index (κ2) is 5.58. The van der Waals surface area contributed by atoms with Gasteiger partial charge in [0.1, 0.15) is 11.5 Å². The number of aromatic amines is 1. The van der Waals surface area contributed by atoms with E-state index in [-0.39, 0.29) is 17.6 Å². The van der Waals surface area contributed by atoms with Crippen LogP contribution in [-0.4, -0.2) is 27.4 Å². The molecule has 0 radical (unpaired) electrons. The van der Waals surface area contributed by atoms with Crippen molar-refractivity contribution in [3.05, 3.63) is 58.6 Å². The molecule has 0 aliphatic carbocycles. The number of hydrogen-bond acceptors (Lipinski definition) is 4. The molecule has 2 aromatic heterocycles. The van der Waals surface area contributed by atoms with Crippen molar-refractivity contribution >= 4 is 17.2 Å². The van der Waals surface area contributed by atoms with Crippen LogP contribution in [0.2, 0.25) is 0 Å². The van der Waals surface area contributed by atoms with Gasteiger partial charge in [-0.3, -0.25) is 4.79 Å². The van der Waals surface area contributed by atoms with Crippen molar-refractivity contribution in [1.82, 2.24) is 20.3 Å². The van der Waals surface area contributed by atoms with E-state index in [1.807, 2.05) is 5.38 Å². The molecule has 116 valence electrons. The van der Waals surface area contributed by atoms with E-state index in [0.29, 0.717) is 24.5 Å². The Bertz CT molecular complexity index is 842. The molecule has 1 aliphatic rings. The van der Waals surface area contributed by atoms with Crippen LogP contribution in [0.3, 0.4) is 0 Å². The van der Waals surface area contributed by atoms with Gasteiger partial charge in [-0.05, 0) is 24.1 Å². The molecule has 1 aromatic carbocycles. The molecular formula is C16H13FN4OS. The Balaban J connectivity index is 1.69. The summed E-state index contributed by atoms with van der Waals surface area (Å²) in [6, 6.07) is 6.40. The summed E-state index contributed by atoms with van der Waals surface area (Å²) in [5, 5.41) is 5.51. The van der Waals surface area contributed by atoms with E-state index in [4.69, 9.17) is 0 Å². The Morgan fingerprint density at radius 1 is 1.26 bits per heavy atom. The number of hydrogen-bond donors (Lipinski definition) is 2. The molecule has 1 amide bonds. The molecular weight excluding hydrogens is 315 g/mol. The summed E-state index contributed by atoms with van der Waals surface area (Å²) in [5.41, 5.74) is 2.20. The van der Waals surface area contributed by atoms with Gasteiger partial charge in [-0.1, -0.05) is 12.1 Å². The SMILES string of the molecule is O=C1NC[C@H](c2ccc(F)cc2)Cc2[nH]c(-c3nccs3)nc21. The number of imidazole rings is 1. The molecule has 0 fully saturated rings. The highest BCUT2D eigenvalue weighted by Crippen LogP contribution is 2.27. The number of carbonyl (C=O) groups is 1. The first-order valence-electron chi connectivity index (χ1n) is 7.23. The average Bonchev–Trinajstić information content (AvgIpc) is 3.19. The highest BCUT2D eigenvalue weighted by atomic mass is 32.1. The number of H-pyrrole nitrogens is 1. The van der Waals surface area contributed by atoms with Crippen LogP contribution < -0.4 is 5.32 Å². The van der Waals surface area contributed by atoms with Crippen LogP contribution in [0, 0.1) is 5.82 Å². The highest BCUT2D eigenvalue weighted by Gasteiger charge is 2.26. The number of benzene rings is 1. The van der Waals surface area contributed by atoms with Crippen molar-refractivity contribution in [3.63, 3.8) is 0 Å². The number of carbonyl (C=O) groups excluding carboxylic acids is 1. The number of nitrogens with one attached hydrogen (secondary N) is 2. The second-order valence-corrected chi connectivity index (χ2v) is 6.31.